The number of aliphatic hydroxyl groups is 1. The fraction of sp³-hybridized carbons (Fsp3) is 0.280. The van der Waals surface area contributed by atoms with Crippen LogP contribution in [0.15, 0.2) is 66.7 Å². The van der Waals surface area contributed by atoms with Crippen molar-refractivity contribution in [1.29, 1.82) is 0 Å². The van der Waals surface area contributed by atoms with E-state index in [1.54, 1.807) is 56.7 Å². The third kappa shape index (κ3) is 4.23. The maximum atomic E-state index is 12.2. The summed E-state index contributed by atoms with van der Waals surface area (Å²) in [6, 6.07) is 19.4. The van der Waals surface area contributed by atoms with E-state index in [0.29, 0.717) is 28.4 Å². The number of ether oxygens (including phenoxy) is 5. The quantitative estimate of drug-likeness (QED) is 0.518. The molecule has 1 heterocycles. The number of phenolic OH excluding ortho intramolecular Hbond substituents is 1. The predicted octanol–water partition coefficient (Wildman–Crippen LogP) is 3.77. The first-order valence-corrected chi connectivity index (χ1v) is 10.2. The van der Waals surface area contributed by atoms with Gasteiger partial charge in [-0.2, -0.15) is 0 Å². The highest BCUT2D eigenvalue weighted by atomic mass is 16.7. The fourth-order valence-corrected chi connectivity index (χ4v) is 4.00. The van der Waals surface area contributed by atoms with Gasteiger partial charge >= 0.3 is 0 Å². The molecule has 0 saturated heterocycles. The van der Waals surface area contributed by atoms with Crippen LogP contribution in [-0.4, -0.2) is 44.6 Å². The topological polar surface area (TPSA) is 86.6 Å². The molecule has 1 aliphatic heterocycles. The molecule has 2 N–H and O–H groups in total. The van der Waals surface area contributed by atoms with Crippen LogP contribution in [0.5, 0.6) is 23.0 Å². The molecule has 7 nitrogen and oxygen atoms in total. The fourth-order valence-electron chi connectivity index (χ4n) is 4.00. The second-order valence-corrected chi connectivity index (χ2v) is 7.51. The molecule has 0 aromatic heterocycles. The van der Waals surface area contributed by atoms with Gasteiger partial charge in [0.1, 0.15) is 28.6 Å². The molecular weight excluding hydrogens is 412 g/mol. The van der Waals surface area contributed by atoms with E-state index in [1.807, 2.05) is 24.3 Å². The Bertz CT molecular complexity index is 1050. The normalized spacial score (nSPS) is 19.7. The van der Waals surface area contributed by atoms with Gasteiger partial charge in [0.25, 0.3) is 0 Å². The van der Waals surface area contributed by atoms with Crippen LogP contribution in [0.4, 0.5) is 0 Å². The van der Waals surface area contributed by atoms with Gasteiger partial charge in [0.05, 0.1) is 12.5 Å². The molecule has 168 valence electrons. The molecule has 3 aromatic carbocycles. The molecule has 1 aliphatic rings. The van der Waals surface area contributed by atoms with E-state index in [-0.39, 0.29) is 25.9 Å². The second-order valence-electron chi connectivity index (χ2n) is 7.51. The van der Waals surface area contributed by atoms with Crippen LogP contribution in [0, 0.1) is 0 Å². The Labute approximate surface area is 186 Å². The van der Waals surface area contributed by atoms with E-state index >= 15 is 0 Å². The van der Waals surface area contributed by atoms with E-state index in [4.69, 9.17) is 23.7 Å². The van der Waals surface area contributed by atoms with Gasteiger partial charge in [-0.3, -0.25) is 0 Å². The van der Waals surface area contributed by atoms with Crippen LogP contribution < -0.4 is 14.2 Å². The van der Waals surface area contributed by atoms with Crippen molar-refractivity contribution in [1.82, 2.24) is 0 Å². The van der Waals surface area contributed by atoms with E-state index in [1.165, 1.54) is 0 Å². The van der Waals surface area contributed by atoms with Crippen molar-refractivity contribution in [3.05, 3.63) is 83.4 Å². The van der Waals surface area contributed by atoms with Crippen LogP contribution in [0.1, 0.15) is 22.6 Å². The summed E-state index contributed by atoms with van der Waals surface area (Å²) in [6.07, 6.45) is 0. The highest BCUT2D eigenvalue weighted by Gasteiger charge is 2.46. The first-order chi connectivity index (χ1) is 15.6. The lowest BCUT2D eigenvalue weighted by Crippen LogP contribution is -2.41. The Morgan fingerprint density at radius 2 is 1.59 bits per heavy atom. The van der Waals surface area contributed by atoms with Gasteiger partial charge in [-0.15, -0.1) is 0 Å². The molecule has 0 bridgehead atoms. The summed E-state index contributed by atoms with van der Waals surface area (Å²) in [5.74, 6) is 1.39. The number of phenols is 1. The maximum absolute atomic E-state index is 12.2. The molecule has 0 amide bonds. The van der Waals surface area contributed by atoms with Gasteiger partial charge in [-0.05, 0) is 47.5 Å². The third-order valence-electron chi connectivity index (χ3n) is 5.53. The number of aromatic hydroxyl groups is 1. The minimum Gasteiger partial charge on any atom is -0.508 e. The van der Waals surface area contributed by atoms with Gasteiger partial charge in [-0.1, -0.05) is 24.3 Å². The first kappa shape index (κ1) is 22.0. The molecule has 4 rings (SSSR count). The summed E-state index contributed by atoms with van der Waals surface area (Å²) < 4.78 is 27.0. The Morgan fingerprint density at radius 3 is 2.28 bits per heavy atom. The number of fused-ring (bicyclic) bond motifs is 1. The molecule has 0 saturated carbocycles. The van der Waals surface area contributed by atoms with Gasteiger partial charge in [0.2, 0.25) is 0 Å². The zero-order valence-electron chi connectivity index (χ0n) is 18.0. The smallest absolute Gasteiger partial charge is 0.188 e. The Hall–Kier alpha value is -3.26. The lowest BCUT2D eigenvalue weighted by Gasteiger charge is -2.42. The molecule has 0 fully saturated rings. The molecular formula is C25H26O7. The zero-order valence-corrected chi connectivity index (χ0v) is 18.0. The summed E-state index contributed by atoms with van der Waals surface area (Å²) in [4.78, 5) is 0. The molecule has 0 radical (unpaired) electrons. The van der Waals surface area contributed by atoms with Crippen molar-refractivity contribution in [3.63, 3.8) is 0 Å². The highest BCUT2D eigenvalue weighted by molar-refractivity contribution is 5.54. The second kappa shape index (κ2) is 9.48. The van der Waals surface area contributed by atoms with Crippen LogP contribution in [0.3, 0.4) is 0 Å². The van der Waals surface area contributed by atoms with Gasteiger partial charge in [0.15, 0.2) is 13.6 Å². The summed E-state index contributed by atoms with van der Waals surface area (Å²) in [5.41, 5.74) is 0.577. The highest BCUT2D eigenvalue weighted by Crippen LogP contribution is 2.50. The van der Waals surface area contributed by atoms with Crippen molar-refractivity contribution >= 4 is 0 Å². The standard InChI is InChI=1S/C25H26O7/c1-28-15-31-20-8-6-17(7-9-20)23-14-30-24-13-21(32-16-29-2)10-11-22(24)25(23,27)18-4-3-5-19(26)12-18/h3-13,23,26-27H,14-16H2,1-2H3. The molecule has 2 atom stereocenters. The first-order valence-electron chi connectivity index (χ1n) is 10.2. The molecule has 3 aromatic rings. The summed E-state index contributed by atoms with van der Waals surface area (Å²) in [6.45, 7) is 0.487. The zero-order chi connectivity index (χ0) is 22.6. The Balaban J connectivity index is 1.77. The minimum atomic E-state index is -1.44. The monoisotopic (exact) mass is 438 g/mol. The van der Waals surface area contributed by atoms with Crippen molar-refractivity contribution in [3.8, 4) is 23.0 Å². The SMILES string of the molecule is COCOc1ccc(C2COc3cc(OCOC)ccc3C2(O)c2cccc(O)c2)cc1. The number of hydrogen-bond acceptors (Lipinski definition) is 7. The summed E-state index contributed by atoms with van der Waals surface area (Å²) in [7, 11) is 3.11. The minimum absolute atomic E-state index is 0.0751. The third-order valence-corrected chi connectivity index (χ3v) is 5.53. The van der Waals surface area contributed by atoms with Crippen molar-refractivity contribution in [2.45, 2.75) is 11.5 Å². The summed E-state index contributed by atoms with van der Waals surface area (Å²) in [5, 5.41) is 22.3. The average molecular weight is 438 g/mol. The lowest BCUT2D eigenvalue weighted by atomic mass is 9.71. The van der Waals surface area contributed by atoms with Crippen LogP contribution in [-0.2, 0) is 15.1 Å². The Kier molecular flexibility index (Phi) is 6.50. The molecule has 7 heteroatoms. The van der Waals surface area contributed by atoms with Crippen molar-refractivity contribution in [2.24, 2.45) is 0 Å². The van der Waals surface area contributed by atoms with Crippen LogP contribution in [0.25, 0.3) is 0 Å². The number of rotatable bonds is 8. The number of benzene rings is 3. The number of hydrogen-bond donors (Lipinski definition) is 2. The molecule has 32 heavy (non-hydrogen) atoms. The molecule has 0 spiro atoms. The van der Waals surface area contributed by atoms with Crippen molar-refractivity contribution in [2.75, 3.05) is 34.4 Å². The van der Waals surface area contributed by atoms with Crippen molar-refractivity contribution < 1.29 is 33.9 Å². The molecule has 0 aliphatic carbocycles. The largest absolute Gasteiger partial charge is 0.508 e. The maximum Gasteiger partial charge on any atom is 0.188 e. The van der Waals surface area contributed by atoms with E-state index in [9.17, 15) is 10.2 Å². The average Bonchev–Trinajstić information content (AvgIpc) is 2.82. The Morgan fingerprint density at radius 1 is 0.906 bits per heavy atom. The number of methoxy groups -OCH3 is 2. The van der Waals surface area contributed by atoms with E-state index < -0.39 is 11.5 Å². The predicted molar refractivity (Wildman–Crippen MR) is 117 cm³/mol. The van der Waals surface area contributed by atoms with Crippen LogP contribution >= 0.6 is 0 Å². The van der Waals surface area contributed by atoms with Crippen LogP contribution in [0.2, 0.25) is 0 Å². The van der Waals surface area contributed by atoms with E-state index in [2.05, 4.69) is 0 Å². The molecule has 2 unspecified atom stereocenters. The summed E-state index contributed by atoms with van der Waals surface area (Å²) >= 11 is 0. The van der Waals surface area contributed by atoms with Gasteiger partial charge in [0, 0.05) is 25.8 Å². The van der Waals surface area contributed by atoms with Gasteiger partial charge in [-0.25, -0.2) is 0 Å². The van der Waals surface area contributed by atoms with E-state index in [0.717, 1.165) is 5.56 Å². The lowest BCUT2D eigenvalue weighted by molar-refractivity contribution is 0.00979. The van der Waals surface area contributed by atoms with Gasteiger partial charge < -0.3 is 33.9 Å².